The molecule has 1 aliphatic rings. The van der Waals surface area contributed by atoms with Crippen LogP contribution in [-0.4, -0.2) is 37.4 Å². The Balaban J connectivity index is 1.72. The molecule has 130 valence electrons. The number of alkyl halides is 3. The molecule has 0 radical (unpaired) electrons. The maximum absolute atomic E-state index is 13.2. The number of aromatic nitrogens is 5. The predicted octanol–water partition coefficient (Wildman–Crippen LogP) is 2.92. The zero-order chi connectivity index (χ0) is 17.4. The van der Waals surface area contributed by atoms with Gasteiger partial charge < -0.3 is 4.90 Å². The third-order valence-corrected chi connectivity index (χ3v) is 4.37. The first-order valence-corrected chi connectivity index (χ1v) is 7.95. The Morgan fingerprint density at radius 1 is 1.08 bits per heavy atom. The summed E-state index contributed by atoms with van der Waals surface area (Å²) in [5.74, 6) is 0.579. The van der Waals surface area contributed by atoms with Crippen molar-refractivity contribution in [3.63, 3.8) is 0 Å². The molecular weight excluding hydrogens is 333 g/mol. The van der Waals surface area contributed by atoms with Crippen LogP contribution in [0, 0.1) is 0 Å². The molecule has 0 spiro atoms. The van der Waals surface area contributed by atoms with Gasteiger partial charge in [0.25, 0.3) is 0 Å². The first-order valence-electron chi connectivity index (χ1n) is 7.95. The van der Waals surface area contributed by atoms with Crippen molar-refractivity contribution in [3.8, 4) is 0 Å². The number of piperidine rings is 1. The van der Waals surface area contributed by atoms with E-state index in [1.54, 1.807) is 29.1 Å². The molecule has 0 amide bonds. The Morgan fingerprint density at radius 3 is 2.64 bits per heavy atom. The molecule has 0 bridgehead atoms. The lowest BCUT2D eigenvalue weighted by Crippen LogP contribution is -2.36. The van der Waals surface area contributed by atoms with E-state index in [0.29, 0.717) is 18.2 Å². The van der Waals surface area contributed by atoms with Crippen molar-refractivity contribution >= 4 is 11.7 Å². The Bertz CT molecular complexity index is 876. The highest BCUT2D eigenvalue weighted by atomic mass is 19.4. The molecule has 6 nitrogen and oxygen atoms in total. The minimum absolute atomic E-state index is 0.0675. The number of rotatable bonds is 2. The van der Waals surface area contributed by atoms with Gasteiger partial charge in [-0.15, -0.1) is 0 Å². The van der Waals surface area contributed by atoms with Gasteiger partial charge in [-0.25, -0.2) is 19.9 Å². The first kappa shape index (κ1) is 15.8. The minimum Gasteiger partial charge on any atom is -0.340 e. The van der Waals surface area contributed by atoms with Gasteiger partial charge in [0.1, 0.15) is 5.69 Å². The van der Waals surface area contributed by atoms with E-state index in [9.17, 15) is 13.2 Å². The highest BCUT2D eigenvalue weighted by Gasteiger charge is 2.35. The van der Waals surface area contributed by atoms with Gasteiger partial charge in [-0.3, -0.25) is 4.40 Å². The molecule has 25 heavy (non-hydrogen) atoms. The summed E-state index contributed by atoms with van der Waals surface area (Å²) in [5, 5.41) is 0. The van der Waals surface area contributed by atoms with Crippen LogP contribution in [0.25, 0.3) is 5.78 Å². The highest BCUT2D eigenvalue weighted by molar-refractivity contribution is 5.37. The topological polar surface area (TPSA) is 59.2 Å². The summed E-state index contributed by atoms with van der Waals surface area (Å²) in [6.07, 6.45) is 3.57. The average molecular weight is 348 g/mol. The largest absolute Gasteiger partial charge is 0.433 e. The fourth-order valence-corrected chi connectivity index (χ4v) is 3.24. The molecule has 1 saturated heterocycles. The zero-order valence-electron chi connectivity index (χ0n) is 13.2. The monoisotopic (exact) mass is 348 g/mol. The third-order valence-electron chi connectivity index (χ3n) is 4.37. The molecule has 0 aromatic carbocycles. The highest BCUT2D eigenvalue weighted by Crippen LogP contribution is 2.33. The average Bonchev–Trinajstić information content (AvgIpc) is 3.10. The third kappa shape index (κ3) is 3.01. The van der Waals surface area contributed by atoms with Crippen LogP contribution in [0.4, 0.5) is 19.1 Å². The van der Waals surface area contributed by atoms with Gasteiger partial charge in [0.2, 0.25) is 11.7 Å². The normalized spacial score (nSPS) is 18.7. The number of halogens is 3. The molecule has 9 heteroatoms. The molecule has 1 fully saturated rings. The van der Waals surface area contributed by atoms with Crippen LogP contribution in [0.1, 0.15) is 30.1 Å². The molecule has 0 N–H and O–H groups in total. The van der Waals surface area contributed by atoms with Crippen LogP contribution < -0.4 is 4.90 Å². The van der Waals surface area contributed by atoms with Crippen molar-refractivity contribution in [2.75, 3.05) is 18.0 Å². The van der Waals surface area contributed by atoms with Gasteiger partial charge in [-0.05, 0) is 25.0 Å². The second kappa shape index (κ2) is 5.98. The summed E-state index contributed by atoms with van der Waals surface area (Å²) in [6.45, 7) is 1.34. The standard InChI is InChI=1S/C16H15F3N6/c17-16(18,19)13-9-12(25-8-6-22-15(25)23-13)11-3-1-7-24(10-11)14-20-4-2-5-21-14/h2,4-6,8-9,11H,1,3,7,10H2/t11-/m1/s1. The molecule has 4 rings (SSSR count). The van der Waals surface area contributed by atoms with Gasteiger partial charge in [0.05, 0.1) is 0 Å². The lowest BCUT2D eigenvalue weighted by molar-refractivity contribution is -0.141. The lowest BCUT2D eigenvalue weighted by atomic mass is 9.94. The summed E-state index contributed by atoms with van der Waals surface area (Å²) < 4.78 is 41.2. The Morgan fingerprint density at radius 2 is 1.88 bits per heavy atom. The van der Waals surface area contributed by atoms with Crippen molar-refractivity contribution in [2.45, 2.75) is 24.9 Å². The van der Waals surface area contributed by atoms with Crippen molar-refractivity contribution in [2.24, 2.45) is 0 Å². The van der Waals surface area contributed by atoms with Gasteiger partial charge in [-0.1, -0.05) is 0 Å². The number of fused-ring (bicyclic) bond motifs is 1. The first-order chi connectivity index (χ1) is 12.0. The summed E-state index contributed by atoms with van der Waals surface area (Å²) in [4.78, 5) is 18.1. The number of nitrogens with zero attached hydrogens (tertiary/aromatic N) is 6. The fraction of sp³-hybridized carbons (Fsp3) is 0.375. The van der Waals surface area contributed by atoms with Crippen LogP contribution in [0.3, 0.4) is 0 Å². The van der Waals surface area contributed by atoms with E-state index >= 15 is 0 Å². The quantitative estimate of drug-likeness (QED) is 0.713. The fourth-order valence-electron chi connectivity index (χ4n) is 3.24. The van der Waals surface area contributed by atoms with E-state index in [-0.39, 0.29) is 11.7 Å². The summed E-state index contributed by atoms with van der Waals surface area (Å²) in [7, 11) is 0. The van der Waals surface area contributed by atoms with E-state index in [0.717, 1.165) is 25.5 Å². The number of hydrogen-bond donors (Lipinski definition) is 0. The van der Waals surface area contributed by atoms with Crippen molar-refractivity contribution in [3.05, 3.63) is 48.3 Å². The van der Waals surface area contributed by atoms with Crippen molar-refractivity contribution in [1.29, 1.82) is 0 Å². The molecule has 1 aliphatic heterocycles. The Hall–Kier alpha value is -2.71. The van der Waals surface area contributed by atoms with E-state index < -0.39 is 11.9 Å². The molecular formula is C16H15F3N6. The van der Waals surface area contributed by atoms with Crippen LogP contribution in [-0.2, 0) is 6.18 Å². The molecule has 3 aromatic rings. The van der Waals surface area contributed by atoms with Gasteiger partial charge in [0.15, 0.2) is 0 Å². The van der Waals surface area contributed by atoms with E-state index in [1.165, 1.54) is 6.20 Å². The molecule has 0 unspecified atom stereocenters. The lowest BCUT2D eigenvalue weighted by Gasteiger charge is -2.33. The van der Waals surface area contributed by atoms with Crippen molar-refractivity contribution in [1.82, 2.24) is 24.3 Å². The summed E-state index contributed by atoms with van der Waals surface area (Å²) >= 11 is 0. The maximum Gasteiger partial charge on any atom is 0.433 e. The number of anilines is 1. The Kier molecular flexibility index (Phi) is 3.78. The predicted molar refractivity (Wildman–Crippen MR) is 84.2 cm³/mol. The van der Waals surface area contributed by atoms with Crippen LogP contribution in [0.2, 0.25) is 0 Å². The summed E-state index contributed by atoms with van der Waals surface area (Å²) in [5.41, 5.74) is -0.343. The number of imidazole rings is 1. The SMILES string of the molecule is FC(F)(F)c1cc([C@@H]2CCCN(c3ncccn3)C2)n2ccnc2n1. The van der Waals surface area contributed by atoms with Crippen LogP contribution in [0.15, 0.2) is 36.9 Å². The summed E-state index contributed by atoms with van der Waals surface area (Å²) in [6, 6.07) is 2.87. The molecule has 0 aliphatic carbocycles. The van der Waals surface area contributed by atoms with Crippen molar-refractivity contribution < 1.29 is 13.2 Å². The molecule has 4 heterocycles. The zero-order valence-corrected chi connectivity index (χ0v) is 13.2. The molecule has 3 aromatic heterocycles. The number of hydrogen-bond acceptors (Lipinski definition) is 5. The van der Waals surface area contributed by atoms with Crippen LogP contribution >= 0.6 is 0 Å². The second-order valence-electron chi connectivity index (χ2n) is 6.00. The molecule has 1 atom stereocenters. The van der Waals surface area contributed by atoms with Gasteiger partial charge >= 0.3 is 6.18 Å². The smallest absolute Gasteiger partial charge is 0.340 e. The minimum atomic E-state index is -4.50. The van der Waals surface area contributed by atoms with Crippen LogP contribution in [0.5, 0.6) is 0 Å². The maximum atomic E-state index is 13.2. The van der Waals surface area contributed by atoms with E-state index in [2.05, 4.69) is 19.9 Å². The van der Waals surface area contributed by atoms with Gasteiger partial charge in [0, 0.05) is 49.5 Å². The van der Waals surface area contributed by atoms with Gasteiger partial charge in [-0.2, -0.15) is 13.2 Å². The Labute approximate surface area is 141 Å². The second-order valence-corrected chi connectivity index (χ2v) is 6.00. The molecule has 0 saturated carbocycles. The van der Waals surface area contributed by atoms with E-state index in [4.69, 9.17) is 0 Å². The van der Waals surface area contributed by atoms with E-state index in [1.807, 2.05) is 4.90 Å².